The van der Waals surface area contributed by atoms with E-state index in [0.29, 0.717) is 26.2 Å². The highest BCUT2D eigenvalue weighted by Gasteiger charge is 2.30. The molecule has 1 aliphatic rings. The maximum absolute atomic E-state index is 12.6. The van der Waals surface area contributed by atoms with Gasteiger partial charge in [0.15, 0.2) is 0 Å². The Kier molecular flexibility index (Phi) is 7.06. The van der Waals surface area contributed by atoms with Gasteiger partial charge in [-0.15, -0.1) is 0 Å². The Balaban J connectivity index is 1.91. The lowest BCUT2D eigenvalue weighted by atomic mass is 9.99. The van der Waals surface area contributed by atoms with Crippen molar-refractivity contribution in [2.24, 2.45) is 11.7 Å². The lowest BCUT2D eigenvalue weighted by Gasteiger charge is -2.27. The van der Waals surface area contributed by atoms with Crippen LogP contribution in [0.1, 0.15) is 37.8 Å². The average Bonchev–Trinajstić information content (AvgIpc) is 2.85. The summed E-state index contributed by atoms with van der Waals surface area (Å²) >= 11 is 0. The maximum Gasteiger partial charge on any atom is 0.416 e. The minimum Gasteiger partial charge on any atom is -0.340 e. The van der Waals surface area contributed by atoms with Crippen molar-refractivity contribution in [1.29, 1.82) is 0 Å². The second-order valence-corrected chi connectivity index (χ2v) is 7.06. The van der Waals surface area contributed by atoms with Gasteiger partial charge in [-0.3, -0.25) is 9.69 Å². The van der Waals surface area contributed by atoms with Gasteiger partial charge in [-0.25, -0.2) is 0 Å². The number of hydrogen-bond acceptors (Lipinski definition) is 3. The molecule has 26 heavy (non-hydrogen) atoms. The summed E-state index contributed by atoms with van der Waals surface area (Å²) in [5.74, 6) is 0.143. The molecule has 2 atom stereocenters. The van der Waals surface area contributed by atoms with Crippen LogP contribution in [0.4, 0.5) is 13.2 Å². The Hall–Kier alpha value is -1.60. The third-order valence-electron chi connectivity index (χ3n) is 5.13. The number of benzene rings is 1. The van der Waals surface area contributed by atoms with Crippen LogP contribution in [0.15, 0.2) is 24.3 Å². The first kappa shape index (κ1) is 20.7. The molecular formula is C19H28F3N3O. The number of nitrogens with zero attached hydrogens (tertiary/aromatic N) is 2. The van der Waals surface area contributed by atoms with E-state index in [1.54, 1.807) is 0 Å². The van der Waals surface area contributed by atoms with Gasteiger partial charge in [-0.05, 0) is 30.0 Å². The van der Waals surface area contributed by atoms with Gasteiger partial charge in [0.2, 0.25) is 5.91 Å². The van der Waals surface area contributed by atoms with Crippen molar-refractivity contribution in [1.82, 2.24) is 9.80 Å². The lowest BCUT2D eigenvalue weighted by molar-refractivity contribution is -0.137. The second-order valence-electron chi connectivity index (χ2n) is 7.06. The first-order valence-corrected chi connectivity index (χ1v) is 9.15. The zero-order chi connectivity index (χ0) is 19.3. The molecular weight excluding hydrogens is 343 g/mol. The SMILES string of the molecule is CCC(C)C(N)C(=O)N1CCCN(Cc2ccc(C(F)(F)F)cc2)CC1. The highest BCUT2D eigenvalue weighted by molar-refractivity contribution is 5.82. The summed E-state index contributed by atoms with van der Waals surface area (Å²) in [6.07, 6.45) is -2.61. The number of amides is 1. The number of carbonyl (C=O) groups is 1. The van der Waals surface area contributed by atoms with Gasteiger partial charge in [0, 0.05) is 32.7 Å². The van der Waals surface area contributed by atoms with E-state index in [1.807, 2.05) is 18.7 Å². The van der Waals surface area contributed by atoms with E-state index >= 15 is 0 Å². The van der Waals surface area contributed by atoms with Crippen molar-refractivity contribution >= 4 is 5.91 Å². The Labute approximate surface area is 153 Å². The number of nitrogens with two attached hydrogens (primary N) is 1. The van der Waals surface area contributed by atoms with Crippen LogP contribution in [0.5, 0.6) is 0 Å². The fourth-order valence-corrected chi connectivity index (χ4v) is 3.11. The van der Waals surface area contributed by atoms with E-state index in [1.165, 1.54) is 12.1 Å². The van der Waals surface area contributed by atoms with Crippen LogP contribution in [-0.4, -0.2) is 47.9 Å². The summed E-state index contributed by atoms with van der Waals surface area (Å²) in [7, 11) is 0. The van der Waals surface area contributed by atoms with Gasteiger partial charge in [0.25, 0.3) is 0 Å². The summed E-state index contributed by atoms with van der Waals surface area (Å²) in [5.41, 5.74) is 6.27. The van der Waals surface area contributed by atoms with Crippen molar-refractivity contribution in [3.8, 4) is 0 Å². The van der Waals surface area contributed by atoms with Gasteiger partial charge >= 0.3 is 6.18 Å². The van der Waals surface area contributed by atoms with Crippen molar-refractivity contribution in [2.75, 3.05) is 26.2 Å². The number of carbonyl (C=O) groups excluding carboxylic acids is 1. The Bertz CT molecular complexity index is 589. The molecule has 2 unspecified atom stereocenters. The lowest BCUT2D eigenvalue weighted by Crippen LogP contribution is -2.48. The molecule has 146 valence electrons. The molecule has 0 aromatic heterocycles. The Morgan fingerprint density at radius 3 is 2.38 bits per heavy atom. The van der Waals surface area contributed by atoms with E-state index in [-0.39, 0.29) is 11.8 Å². The zero-order valence-electron chi connectivity index (χ0n) is 15.4. The third kappa shape index (κ3) is 5.45. The number of alkyl halides is 3. The van der Waals surface area contributed by atoms with Crippen LogP contribution in [0.3, 0.4) is 0 Å². The van der Waals surface area contributed by atoms with Gasteiger partial charge in [-0.2, -0.15) is 13.2 Å². The third-order valence-corrected chi connectivity index (χ3v) is 5.13. The molecule has 7 heteroatoms. The molecule has 0 radical (unpaired) electrons. The van der Waals surface area contributed by atoms with E-state index in [2.05, 4.69) is 4.90 Å². The van der Waals surface area contributed by atoms with Crippen LogP contribution in [-0.2, 0) is 17.5 Å². The largest absolute Gasteiger partial charge is 0.416 e. The Morgan fingerprint density at radius 2 is 1.81 bits per heavy atom. The van der Waals surface area contributed by atoms with Gasteiger partial charge < -0.3 is 10.6 Å². The molecule has 2 N–H and O–H groups in total. The standard InChI is InChI=1S/C19H28F3N3O/c1-3-14(2)17(23)18(26)25-10-4-9-24(11-12-25)13-15-5-7-16(8-6-15)19(20,21)22/h5-8,14,17H,3-4,9-13,23H2,1-2H3. The topological polar surface area (TPSA) is 49.6 Å². The molecule has 0 aliphatic carbocycles. The van der Waals surface area contributed by atoms with Crippen LogP contribution in [0, 0.1) is 5.92 Å². The molecule has 1 fully saturated rings. The monoisotopic (exact) mass is 371 g/mol. The fourth-order valence-electron chi connectivity index (χ4n) is 3.11. The van der Waals surface area contributed by atoms with E-state index < -0.39 is 17.8 Å². The molecule has 1 amide bonds. The average molecular weight is 371 g/mol. The molecule has 0 spiro atoms. The quantitative estimate of drug-likeness (QED) is 0.865. The van der Waals surface area contributed by atoms with E-state index in [0.717, 1.165) is 37.1 Å². The predicted octanol–water partition coefficient (Wildman–Crippen LogP) is 3.11. The van der Waals surface area contributed by atoms with Crippen LogP contribution in [0.25, 0.3) is 0 Å². The minimum atomic E-state index is -4.31. The smallest absolute Gasteiger partial charge is 0.340 e. The van der Waals surface area contributed by atoms with Crippen molar-refractivity contribution in [2.45, 2.75) is 45.5 Å². The molecule has 1 aliphatic heterocycles. The van der Waals surface area contributed by atoms with Crippen LogP contribution in [0.2, 0.25) is 0 Å². The fraction of sp³-hybridized carbons (Fsp3) is 0.632. The summed E-state index contributed by atoms with van der Waals surface area (Å²) < 4.78 is 37.9. The van der Waals surface area contributed by atoms with Gasteiger partial charge in [0.1, 0.15) is 0 Å². The van der Waals surface area contributed by atoms with Crippen molar-refractivity contribution in [3.63, 3.8) is 0 Å². The summed E-state index contributed by atoms with van der Waals surface area (Å²) in [6, 6.07) is 4.81. The molecule has 2 rings (SSSR count). The first-order valence-electron chi connectivity index (χ1n) is 9.15. The summed E-state index contributed by atoms with van der Waals surface area (Å²) in [5, 5.41) is 0. The molecule has 1 heterocycles. The minimum absolute atomic E-state index is 0.00395. The first-order chi connectivity index (χ1) is 12.2. The Morgan fingerprint density at radius 1 is 1.15 bits per heavy atom. The van der Waals surface area contributed by atoms with Crippen LogP contribution < -0.4 is 5.73 Å². The predicted molar refractivity (Wildman–Crippen MR) is 95.3 cm³/mol. The van der Waals surface area contributed by atoms with E-state index in [4.69, 9.17) is 5.73 Å². The van der Waals surface area contributed by atoms with Crippen LogP contribution >= 0.6 is 0 Å². The normalized spacial score (nSPS) is 19.1. The second kappa shape index (κ2) is 8.86. The molecule has 1 aromatic rings. The number of rotatable bonds is 5. The molecule has 4 nitrogen and oxygen atoms in total. The molecule has 0 saturated carbocycles. The molecule has 0 bridgehead atoms. The molecule has 1 saturated heterocycles. The highest BCUT2D eigenvalue weighted by Crippen LogP contribution is 2.29. The van der Waals surface area contributed by atoms with E-state index in [9.17, 15) is 18.0 Å². The van der Waals surface area contributed by atoms with Crippen molar-refractivity contribution in [3.05, 3.63) is 35.4 Å². The summed E-state index contributed by atoms with van der Waals surface area (Å²) in [6.45, 7) is 7.36. The van der Waals surface area contributed by atoms with Gasteiger partial charge in [0.05, 0.1) is 11.6 Å². The highest BCUT2D eigenvalue weighted by atomic mass is 19.4. The van der Waals surface area contributed by atoms with Crippen molar-refractivity contribution < 1.29 is 18.0 Å². The number of hydrogen-bond donors (Lipinski definition) is 1. The summed E-state index contributed by atoms with van der Waals surface area (Å²) in [4.78, 5) is 16.5. The van der Waals surface area contributed by atoms with Gasteiger partial charge in [-0.1, -0.05) is 32.4 Å². The maximum atomic E-state index is 12.6. The molecule has 1 aromatic carbocycles. The zero-order valence-corrected chi connectivity index (χ0v) is 15.4. The number of halogens is 3.